The zero-order valence-corrected chi connectivity index (χ0v) is 10.00. The Labute approximate surface area is 107 Å². The molecular weight excluding hydrogens is 265 g/mol. The fourth-order valence-corrected chi connectivity index (χ4v) is 1.87. The Bertz CT molecular complexity index is 522. The summed E-state index contributed by atoms with van der Waals surface area (Å²) in [6.45, 7) is 0.214. The SMILES string of the molecule is O=C(O)c1ccc(N2CC(Cl)=C(Cl)C2=O)cc1. The van der Waals surface area contributed by atoms with E-state index in [1.165, 1.54) is 17.0 Å². The van der Waals surface area contributed by atoms with E-state index in [4.69, 9.17) is 28.3 Å². The maximum absolute atomic E-state index is 11.7. The minimum atomic E-state index is -1.02. The number of aromatic carboxylic acids is 1. The smallest absolute Gasteiger partial charge is 0.335 e. The summed E-state index contributed by atoms with van der Waals surface area (Å²) in [4.78, 5) is 23.7. The number of anilines is 1. The van der Waals surface area contributed by atoms with E-state index in [-0.39, 0.29) is 23.0 Å². The van der Waals surface area contributed by atoms with E-state index in [2.05, 4.69) is 0 Å². The summed E-state index contributed by atoms with van der Waals surface area (Å²) in [6, 6.07) is 5.93. The van der Waals surface area contributed by atoms with Gasteiger partial charge >= 0.3 is 5.97 Å². The van der Waals surface area contributed by atoms with Crippen molar-refractivity contribution in [3.8, 4) is 0 Å². The predicted molar refractivity (Wildman–Crippen MR) is 64.5 cm³/mol. The molecule has 0 spiro atoms. The van der Waals surface area contributed by atoms with Crippen LogP contribution >= 0.6 is 23.2 Å². The van der Waals surface area contributed by atoms with Crippen molar-refractivity contribution in [2.75, 3.05) is 11.4 Å². The van der Waals surface area contributed by atoms with E-state index >= 15 is 0 Å². The molecule has 17 heavy (non-hydrogen) atoms. The first-order valence-corrected chi connectivity index (χ1v) is 5.45. The monoisotopic (exact) mass is 271 g/mol. The number of rotatable bonds is 2. The highest BCUT2D eigenvalue weighted by atomic mass is 35.5. The molecule has 0 bridgehead atoms. The first-order valence-electron chi connectivity index (χ1n) is 4.70. The minimum absolute atomic E-state index is 0.00831. The number of hydrogen-bond acceptors (Lipinski definition) is 2. The molecule has 0 radical (unpaired) electrons. The van der Waals surface area contributed by atoms with Crippen molar-refractivity contribution in [2.24, 2.45) is 0 Å². The summed E-state index contributed by atoms with van der Waals surface area (Å²) in [6.07, 6.45) is 0. The maximum Gasteiger partial charge on any atom is 0.335 e. The molecule has 1 heterocycles. The molecule has 1 amide bonds. The second kappa shape index (κ2) is 4.39. The van der Waals surface area contributed by atoms with Crippen molar-refractivity contribution in [1.29, 1.82) is 0 Å². The third-order valence-corrected chi connectivity index (χ3v) is 3.19. The highest BCUT2D eigenvalue weighted by Crippen LogP contribution is 2.29. The fraction of sp³-hybridized carbons (Fsp3) is 0.0909. The summed E-state index contributed by atoms with van der Waals surface area (Å²) in [5.41, 5.74) is 0.722. The number of benzene rings is 1. The summed E-state index contributed by atoms with van der Waals surface area (Å²) >= 11 is 11.5. The molecule has 0 saturated heterocycles. The second-order valence-electron chi connectivity index (χ2n) is 3.46. The van der Waals surface area contributed by atoms with Gasteiger partial charge < -0.3 is 10.0 Å². The van der Waals surface area contributed by atoms with Gasteiger partial charge in [-0.1, -0.05) is 23.2 Å². The predicted octanol–water partition coefficient (Wildman–Crippen LogP) is 2.42. The van der Waals surface area contributed by atoms with Crippen LogP contribution in [-0.2, 0) is 4.79 Å². The molecule has 2 rings (SSSR count). The number of halogens is 2. The zero-order valence-electron chi connectivity index (χ0n) is 8.48. The molecule has 1 aliphatic rings. The molecule has 1 aliphatic heterocycles. The van der Waals surface area contributed by atoms with Crippen LogP contribution in [-0.4, -0.2) is 23.5 Å². The first-order chi connectivity index (χ1) is 8.00. The van der Waals surface area contributed by atoms with Crippen LogP contribution in [0, 0.1) is 0 Å². The molecule has 0 aliphatic carbocycles. The van der Waals surface area contributed by atoms with Gasteiger partial charge in [-0.05, 0) is 24.3 Å². The largest absolute Gasteiger partial charge is 0.478 e. The van der Waals surface area contributed by atoms with Crippen LogP contribution in [0.4, 0.5) is 5.69 Å². The Morgan fingerprint density at radius 2 is 1.82 bits per heavy atom. The third kappa shape index (κ3) is 2.14. The molecule has 0 atom stereocenters. The number of carboxylic acids is 1. The summed E-state index contributed by atoms with van der Waals surface area (Å²) < 4.78 is 0. The second-order valence-corrected chi connectivity index (χ2v) is 4.30. The van der Waals surface area contributed by atoms with E-state index in [1.807, 2.05) is 0 Å². The topological polar surface area (TPSA) is 57.6 Å². The van der Waals surface area contributed by atoms with E-state index in [0.717, 1.165) is 0 Å². The lowest BCUT2D eigenvalue weighted by Gasteiger charge is -2.15. The van der Waals surface area contributed by atoms with Gasteiger partial charge in [-0.2, -0.15) is 0 Å². The number of amides is 1. The van der Waals surface area contributed by atoms with Gasteiger partial charge in [0.25, 0.3) is 5.91 Å². The number of hydrogen-bond donors (Lipinski definition) is 1. The van der Waals surface area contributed by atoms with Gasteiger partial charge in [0.15, 0.2) is 0 Å². The van der Waals surface area contributed by atoms with E-state index in [9.17, 15) is 9.59 Å². The molecule has 1 aromatic carbocycles. The molecular formula is C11H7Cl2NO3. The van der Waals surface area contributed by atoms with Crippen LogP contribution in [0.15, 0.2) is 34.3 Å². The Morgan fingerprint density at radius 3 is 2.24 bits per heavy atom. The minimum Gasteiger partial charge on any atom is -0.478 e. The maximum atomic E-state index is 11.7. The van der Waals surface area contributed by atoms with Gasteiger partial charge in [0.2, 0.25) is 0 Å². The van der Waals surface area contributed by atoms with Crippen molar-refractivity contribution >= 4 is 40.8 Å². The Hall–Kier alpha value is -1.52. The van der Waals surface area contributed by atoms with Crippen molar-refractivity contribution in [3.05, 3.63) is 39.9 Å². The lowest BCUT2D eigenvalue weighted by Crippen LogP contribution is -2.25. The van der Waals surface area contributed by atoms with Crippen LogP contribution in [0.1, 0.15) is 10.4 Å². The molecule has 1 N–H and O–H groups in total. The first kappa shape index (κ1) is 12.0. The van der Waals surface area contributed by atoms with Crippen LogP contribution < -0.4 is 4.90 Å². The van der Waals surface area contributed by atoms with Gasteiger partial charge in [-0.3, -0.25) is 4.79 Å². The van der Waals surface area contributed by atoms with Crippen LogP contribution in [0.5, 0.6) is 0 Å². The Morgan fingerprint density at radius 1 is 1.24 bits per heavy atom. The van der Waals surface area contributed by atoms with Gasteiger partial charge in [0.05, 0.1) is 17.1 Å². The van der Waals surface area contributed by atoms with Gasteiger partial charge in [0.1, 0.15) is 5.03 Å². The highest BCUT2D eigenvalue weighted by molar-refractivity contribution is 6.51. The molecule has 0 unspecified atom stereocenters. The number of carboxylic acid groups (broad SMARTS) is 1. The highest BCUT2D eigenvalue weighted by Gasteiger charge is 2.29. The van der Waals surface area contributed by atoms with Gasteiger partial charge in [0, 0.05) is 5.69 Å². The number of carbonyl (C=O) groups is 2. The summed E-state index contributed by atoms with van der Waals surface area (Å²) in [5.74, 6) is -1.39. The Kier molecular flexibility index (Phi) is 3.09. The lowest BCUT2D eigenvalue weighted by molar-refractivity contribution is -0.114. The van der Waals surface area contributed by atoms with Crippen LogP contribution in [0.3, 0.4) is 0 Å². The van der Waals surface area contributed by atoms with Crippen molar-refractivity contribution < 1.29 is 14.7 Å². The standard InChI is InChI=1S/C11H7Cl2NO3/c12-8-5-14(10(15)9(8)13)7-3-1-6(2-4-7)11(16)17/h1-4H,5H2,(H,16,17). The van der Waals surface area contributed by atoms with Gasteiger partial charge in [-0.15, -0.1) is 0 Å². The molecule has 88 valence electrons. The zero-order chi connectivity index (χ0) is 12.6. The van der Waals surface area contributed by atoms with Crippen molar-refractivity contribution in [1.82, 2.24) is 0 Å². The molecule has 0 aromatic heterocycles. The average molecular weight is 272 g/mol. The van der Waals surface area contributed by atoms with E-state index < -0.39 is 5.97 Å². The van der Waals surface area contributed by atoms with Gasteiger partial charge in [-0.25, -0.2) is 4.79 Å². The fourth-order valence-electron chi connectivity index (χ4n) is 1.51. The van der Waals surface area contributed by atoms with E-state index in [0.29, 0.717) is 10.7 Å². The molecule has 6 heteroatoms. The molecule has 0 saturated carbocycles. The number of carbonyl (C=O) groups excluding carboxylic acids is 1. The lowest BCUT2D eigenvalue weighted by atomic mass is 10.2. The van der Waals surface area contributed by atoms with Crippen LogP contribution in [0.2, 0.25) is 0 Å². The van der Waals surface area contributed by atoms with Crippen molar-refractivity contribution in [3.63, 3.8) is 0 Å². The normalized spacial score (nSPS) is 15.6. The number of nitrogens with zero attached hydrogens (tertiary/aromatic N) is 1. The molecule has 0 fully saturated rings. The van der Waals surface area contributed by atoms with Crippen LogP contribution in [0.25, 0.3) is 0 Å². The van der Waals surface area contributed by atoms with E-state index in [1.54, 1.807) is 12.1 Å². The van der Waals surface area contributed by atoms with Crippen molar-refractivity contribution in [2.45, 2.75) is 0 Å². The summed E-state index contributed by atoms with van der Waals surface area (Å²) in [5, 5.41) is 9.05. The third-order valence-electron chi connectivity index (χ3n) is 2.39. The molecule has 4 nitrogen and oxygen atoms in total. The quantitative estimate of drug-likeness (QED) is 0.899. The molecule has 1 aromatic rings. The summed E-state index contributed by atoms with van der Waals surface area (Å²) in [7, 11) is 0. The average Bonchev–Trinajstić information content (AvgIpc) is 2.57. The Balaban J connectivity index is 2.26.